The first kappa shape index (κ1) is 22.8. The summed E-state index contributed by atoms with van der Waals surface area (Å²) in [7, 11) is 0. The Morgan fingerprint density at radius 1 is 1.22 bits per heavy atom. The van der Waals surface area contributed by atoms with Crippen molar-refractivity contribution in [1.82, 2.24) is 10.2 Å². The SMILES string of the molecule is CCC[C@H](c1ccc(C(F)(F)F)c(Cl)c1)N1CCNCC1.Cl.Cl. The fourth-order valence-corrected chi connectivity index (χ4v) is 3.09. The number of nitrogens with one attached hydrogen (secondary N) is 1. The number of rotatable bonds is 4. The van der Waals surface area contributed by atoms with Gasteiger partial charge in [0.25, 0.3) is 0 Å². The number of nitrogens with zero attached hydrogens (tertiary/aromatic N) is 1. The molecule has 0 unspecified atom stereocenters. The fraction of sp³-hybridized carbons (Fsp3) is 0.600. The third kappa shape index (κ3) is 5.98. The van der Waals surface area contributed by atoms with E-state index in [0.29, 0.717) is 0 Å². The molecule has 0 radical (unpaired) electrons. The van der Waals surface area contributed by atoms with Crippen LogP contribution in [0.15, 0.2) is 18.2 Å². The van der Waals surface area contributed by atoms with E-state index in [9.17, 15) is 13.2 Å². The van der Waals surface area contributed by atoms with Crippen LogP contribution in [-0.2, 0) is 6.18 Å². The molecule has 2 nitrogen and oxygen atoms in total. The Bertz CT molecular complexity index is 478. The van der Waals surface area contributed by atoms with Crippen LogP contribution in [0.3, 0.4) is 0 Å². The number of halogens is 6. The van der Waals surface area contributed by atoms with Gasteiger partial charge in [-0.05, 0) is 24.1 Å². The van der Waals surface area contributed by atoms with Crippen molar-refractivity contribution in [3.63, 3.8) is 0 Å². The Hall–Kier alpha value is -0.200. The summed E-state index contributed by atoms with van der Waals surface area (Å²) < 4.78 is 38.3. The molecule has 1 aromatic rings. The monoisotopic (exact) mass is 392 g/mol. The van der Waals surface area contributed by atoms with E-state index in [4.69, 9.17) is 11.6 Å². The second-order valence-corrected chi connectivity index (χ2v) is 5.73. The molecular weight excluding hydrogens is 372 g/mol. The molecule has 2 rings (SSSR count). The van der Waals surface area contributed by atoms with Crippen LogP contribution in [0.4, 0.5) is 13.2 Å². The zero-order chi connectivity index (χ0) is 15.5. The first-order valence-electron chi connectivity index (χ1n) is 7.25. The lowest BCUT2D eigenvalue weighted by Crippen LogP contribution is -2.45. The van der Waals surface area contributed by atoms with E-state index in [1.165, 1.54) is 6.07 Å². The molecule has 0 aromatic heterocycles. The first-order valence-corrected chi connectivity index (χ1v) is 7.62. The molecule has 0 aliphatic carbocycles. The molecule has 1 fully saturated rings. The van der Waals surface area contributed by atoms with Crippen LogP contribution in [-0.4, -0.2) is 31.1 Å². The minimum Gasteiger partial charge on any atom is -0.314 e. The smallest absolute Gasteiger partial charge is 0.314 e. The number of alkyl halides is 3. The Balaban J connectivity index is 0.00000242. The van der Waals surface area contributed by atoms with Gasteiger partial charge in [0.15, 0.2) is 0 Å². The predicted molar refractivity (Wildman–Crippen MR) is 93.0 cm³/mol. The van der Waals surface area contributed by atoms with Crippen molar-refractivity contribution >= 4 is 36.4 Å². The largest absolute Gasteiger partial charge is 0.417 e. The van der Waals surface area contributed by atoms with Gasteiger partial charge in [0.1, 0.15) is 0 Å². The zero-order valence-electron chi connectivity index (χ0n) is 12.8. The van der Waals surface area contributed by atoms with Crippen molar-refractivity contribution in [2.75, 3.05) is 26.2 Å². The summed E-state index contributed by atoms with van der Waals surface area (Å²) in [6.45, 7) is 5.72. The van der Waals surface area contributed by atoms with E-state index in [0.717, 1.165) is 50.7 Å². The Morgan fingerprint density at radius 3 is 2.30 bits per heavy atom. The number of hydrogen-bond acceptors (Lipinski definition) is 2. The van der Waals surface area contributed by atoms with Crippen LogP contribution in [0.25, 0.3) is 0 Å². The van der Waals surface area contributed by atoms with Gasteiger partial charge in [0.2, 0.25) is 0 Å². The average Bonchev–Trinajstić information content (AvgIpc) is 2.44. The van der Waals surface area contributed by atoms with E-state index in [1.807, 2.05) is 0 Å². The molecule has 134 valence electrons. The molecule has 0 amide bonds. The van der Waals surface area contributed by atoms with Crippen LogP contribution < -0.4 is 5.32 Å². The summed E-state index contributed by atoms with van der Waals surface area (Å²) in [5, 5.41) is 3.08. The normalized spacial score (nSPS) is 17.1. The number of benzene rings is 1. The van der Waals surface area contributed by atoms with Crippen LogP contribution in [0.2, 0.25) is 5.02 Å². The minimum absolute atomic E-state index is 0. The highest BCUT2D eigenvalue weighted by atomic mass is 35.5. The second-order valence-electron chi connectivity index (χ2n) is 5.33. The molecule has 1 N–H and O–H groups in total. The van der Waals surface area contributed by atoms with Gasteiger partial charge in [-0.2, -0.15) is 13.2 Å². The molecule has 1 atom stereocenters. The summed E-state index contributed by atoms with van der Waals surface area (Å²) in [4.78, 5) is 2.32. The topological polar surface area (TPSA) is 15.3 Å². The lowest BCUT2D eigenvalue weighted by atomic mass is 9.98. The van der Waals surface area contributed by atoms with Gasteiger partial charge in [-0.25, -0.2) is 0 Å². The zero-order valence-corrected chi connectivity index (χ0v) is 15.2. The lowest BCUT2D eigenvalue weighted by Gasteiger charge is -2.35. The third-order valence-electron chi connectivity index (χ3n) is 3.84. The van der Waals surface area contributed by atoms with E-state index >= 15 is 0 Å². The van der Waals surface area contributed by atoms with Crippen LogP contribution in [0.5, 0.6) is 0 Å². The summed E-state index contributed by atoms with van der Waals surface area (Å²) in [6, 6.07) is 4.28. The number of piperazine rings is 1. The van der Waals surface area contributed by atoms with Crippen molar-refractivity contribution in [3.05, 3.63) is 34.3 Å². The molecular formula is C15H22Cl3F3N2. The predicted octanol–water partition coefficient (Wildman–Crippen LogP) is 4.95. The Labute approximate surface area is 152 Å². The van der Waals surface area contributed by atoms with Gasteiger partial charge in [-0.15, -0.1) is 24.8 Å². The van der Waals surface area contributed by atoms with Crippen LogP contribution in [0, 0.1) is 0 Å². The Morgan fingerprint density at radius 2 is 1.83 bits per heavy atom. The van der Waals surface area contributed by atoms with Crippen molar-refractivity contribution in [2.45, 2.75) is 32.0 Å². The Kier molecular flexibility index (Phi) is 9.86. The highest BCUT2D eigenvalue weighted by Gasteiger charge is 2.33. The fourth-order valence-electron chi connectivity index (χ4n) is 2.80. The highest BCUT2D eigenvalue weighted by Crippen LogP contribution is 2.37. The van der Waals surface area contributed by atoms with Gasteiger partial charge < -0.3 is 5.32 Å². The van der Waals surface area contributed by atoms with Gasteiger partial charge in [-0.1, -0.05) is 31.0 Å². The maximum atomic E-state index is 12.8. The van der Waals surface area contributed by atoms with Crippen LogP contribution in [0.1, 0.15) is 36.9 Å². The molecule has 1 aliphatic rings. The molecule has 1 aliphatic heterocycles. The van der Waals surface area contributed by atoms with Crippen molar-refractivity contribution in [1.29, 1.82) is 0 Å². The lowest BCUT2D eigenvalue weighted by molar-refractivity contribution is -0.137. The van der Waals surface area contributed by atoms with Crippen molar-refractivity contribution in [2.24, 2.45) is 0 Å². The first-order chi connectivity index (χ1) is 9.93. The minimum atomic E-state index is -4.40. The standard InChI is InChI=1S/C15H20ClF3N2.2ClH/c1-2-3-14(21-8-6-20-7-9-21)11-4-5-12(13(16)10-11)15(17,18)19;;/h4-5,10,14,20H,2-3,6-9H2,1H3;2*1H/t14-;;/m1../s1. The second kappa shape index (κ2) is 9.94. The maximum absolute atomic E-state index is 12.8. The summed E-state index contributed by atoms with van der Waals surface area (Å²) in [5.41, 5.74) is 0.111. The van der Waals surface area contributed by atoms with Gasteiger partial charge in [0, 0.05) is 32.2 Å². The van der Waals surface area contributed by atoms with Gasteiger partial charge in [0.05, 0.1) is 10.6 Å². The van der Waals surface area contributed by atoms with Crippen LogP contribution >= 0.6 is 36.4 Å². The molecule has 8 heteroatoms. The molecule has 0 saturated carbocycles. The van der Waals surface area contributed by atoms with Crippen molar-refractivity contribution in [3.8, 4) is 0 Å². The van der Waals surface area contributed by atoms with E-state index in [1.54, 1.807) is 6.07 Å². The molecule has 1 heterocycles. The molecule has 23 heavy (non-hydrogen) atoms. The quantitative estimate of drug-likeness (QED) is 0.778. The number of hydrogen-bond donors (Lipinski definition) is 1. The summed E-state index contributed by atoms with van der Waals surface area (Å²) in [6.07, 6.45) is -2.50. The molecule has 1 aromatic carbocycles. The molecule has 0 bridgehead atoms. The van der Waals surface area contributed by atoms with E-state index in [-0.39, 0.29) is 35.9 Å². The molecule has 1 saturated heterocycles. The summed E-state index contributed by atoms with van der Waals surface area (Å²) in [5.74, 6) is 0. The summed E-state index contributed by atoms with van der Waals surface area (Å²) >= 11 is 5.85. The maximum Gasteiger partial charge on any atom is 0.417 e. The van der Waals surface area contributed by atoms with E-state index < -0.39 is 11.7 Å². The van der Waals surface area contributed by atoms with Gasteiger partial charge in [-0.3, -0.25) is 4.90 Å². The average molecular weight is 394 g/mol. The molecule has 0 spiro atoms. The highest BCUT2D eigenvalue weighted by molar-refractivity contribution is 6.31. The third-order valence-corrected chi connectivity index (χ3v) is 4.15. The van der Waals surface area contributed by atoms with Crippen molar-refractivity contribution < 1.29 is 13.2 Å². The van der Waals surface area contributed by atoms with Gasteiger partial charge >= 0.3 is 6.18 Å². The van der Waals surface area contributed by atoms with E-state index in [2.05, 4.69) is 17.1 Å².